The summed E-state index contributed by atoms with van der Waals surface area (Å²) in [5, 5.41) is 13.5. The first-order valence-electron chi connectivity index (χ1n) is 12.7. The van der Waals surface area contributed by atoms with E-state index < -0.39 is 11.6 Å². The molecule has 0 aliphatic rings. The fraction of sp³-hybridized carbons (Fsp3) is 0.300. The quantitative estimate of drug-likeness (QED) is 0.272. The lowest BCUT2D eigenvalue weighted by Gasteiger charge is -2.26. The summed E-state index contributed by atoms with van der Waals surface area (Å²) in [6.07, 6.45) is 1.59. The monoisotopic (exact) mass is 514 g/mol. The highest BCUT2D eigenvalue weighted by atomic mass is 16.5. The number of nitrogens with one attached hydrogen (secondary N) is 2. The molecule has 0 atom stereocenters. The van der Waals surface area contributed by atoms with Crippen LogP contribution in [0.15, 0.2) is 65.6 Å². The van der Waals surface area contributed by atoms with Crippen molar-refractivity contribution in [2.45, 2.75) is 39.5 Å². The Bertz CT molecular complexity index is 1480. The van der Waals surface area contributed by atoms with Crippen LogP contribution in [0, 0.1) is 0 Å². The fourth-order valence-electron chi connectivity index (χ4n) is 4.54. The normalized spacial score (nSPS) is 11.3. The molecule has 2 amide bonds. The number of fused-ring (bicyclic) bond motifs is 1. The number of rotatable bonds is 8. The first-order chi connectivity index (χ1) is 18.2. The van der Waals surface area contributed by atoms with E-state index in [-0.39, 0.29) is 30.7 Å². The predicted molar refractivity (Wildman–Crippen MR) is 152 cm³/mol. The Morgan fingerprint density at radius 2 is 1.74 bits per heavy atom. The van der Waals surface area contributed by atoms with Crippen molar-refractivity contribution in [3.8, 4) is 16.9 Å². The maximum Gasteiger partial charge on any atom is 0.326 e. The number of methoxy groups -OCH3 is 1. The third-order valence-electron chi connectivity index (χ3n) is 6.53. The standard InChI is InChI=1S/C30H34N4O4/c1-18(2)24-15-22(20-8-6-10-23(14-20)38-5)16-25(19(3)4)27(24)32-30(37)34(12-13-35)26-17-21-9-7-11-31-28(21)33-29(26)36/h6-11,14-19,35H,12-13H2,1-5H3,(H,32,37)(H,31,33,36). The van der Waals surface area contributed by atoms with E-state index >= 15 is 0 Å². The summed E-state index contributed by atoms with van der Waals surface area (Å²) < 4.78 is 5.42. The fourth-order valence-corrected chi connectivity index (χ4v) is 4.54. The van der Waals surface area contributed by atoms with Crippen LogP contribution in [0.3, 0.4) is 0 Å². The summed E-state index contributed by atoms with van der Waals surface area (Å²) in [6.45, 7) is 7.97. The molecule has 0 unspecified atom stereocenters. The number of aliphatic hydroxyl groups is 1. The number of hydrogen-bond donors (Lipinski definition) is 3. The second-order valence-electron chi connectivity index (χ2n) is 9.80. The van der Waals surface area contributed by atoms with E-state index in [9.17, 15) is 14.7 Å². The lowest BCUT2D eigenvalue weighted by Crippen LogP contribution is -2.40. The Hall–Kier alpha value is -4.17. The molecule has 3 N–H and O–H groups in total. The number of benzene rings is 2. The molecule has 0 aliphatic heterocycles. The van der Waals surface area contributed by atoms with Gasteiger partial charge in [0.05, 0.1) is 20.3 Å². The van der Waals surface area contributed by atoms with E-state index in [2.05, 4.69) is 55.1 Å². The number of nitrogens with zero attached hydrogens (tertiary/aromatic N) is 2. The second-order valence-corrected chi connectivity index (χ2v) is 9.80. The van der Waals surface area contributed by atoms with Crippen molar-refractivity contribution < 1.29 is 14.6 Å². The van der Waals surface area contributed by atoms with Gasteiger partial charge in [-0.1, -0.05) is 39.8 Å². The second kappa shape index (κ2) is 11.5. The number of amides is 2. The molecular weight excluding hydrogens is 480 g/mol. The molecule has 0 spiro atoms. The predicted octanol–water partition coefficient (Wildman–Crippen LogP) is 5.88. The Labute approximate surface area is 222 Å². The highest BCUT2D eigenvalue weighted by Crippen LogP contribution is 2.38. The maximum atomic E-state index is 13.7. The van der Waals surface area contributed by atoms with Gasteiger partial charge in [-0.3, -0.25) is 9.69 Å². The zero-order valence-corrected chi connectivity index (χ0v) is 22.4. The number of hydrogen-bond acceptors (Lipinski definition) is 5. The average molecular weight is 515 g/mol. The summed E-state index contributed by atoms with van der Waals surface area (Å²) in [6, 6.07) is 16.8. The van der Waals surface area contributed by atoms with E-state index in [1.165, 1.54) is 4.90 Å². The van der Waals surface area contributed by atoms with E-state index in [0.717, 1.165) is 28.0 Å². The van der Waals surface area contributed by atoms with Gasteiger partial charge in [0.25, 0.3) is 5.56 Å². The molecule has 8 nitrogen and oxygen atoms in total. The average Bonchev–Trinajstić information content (AvgIpc) is 2.91. The van der Waals surface area contributed by atoms with Crippen LogP contribution in [0.5, 0.6) is 5.75 Å². The summed E-state index contributed by atoms with van der Waals surface area (Å²) >= 11 is 0. The number of H-pyrrole nitrogens is 1. The first-order valence-corrected chi connectivity index (χ1v) is 12.7. The molecule has 38 heavy (non-hydrogen) atoms. The topological polar surface area (TPSA) is 108 Å². The Morgan fingerprint density at radius 3 is 2.37 bits per heavy atom. The zero-order valence-electron chi connectivity index (χ0n) is 22.4. The van der Waals surface area contributed by atoms with Crippen molar-refractivity contribution in [2.24, 2.45) is 0 Å². The van der Waals surface area contributed by atoms with Crippen molar-refractivity contribution in [1.82, 2.24) is 9.97 Å². The maximum absolute atomic E-state index is 13.7. The van der Waals surface area contributed by atoms with E-state index in [0.29, 0.717) is 16.7 Å². The van der Waals surface area contributed by atoms with E-state index in [1.54, 1.807) is 25.4 Å². The van der Waals surface area contributed by atoms with Gasteiger partial charge >= 0.3 is 6.03 Å². The molecule has 0 aliphatic carbocycles. The van der Waals surface area contributed by atoms with Gasteiger partial charge in [0.1, 0.15) is 17.1 Å². The van der Waals surface area contributed by atoms with Crippen LogP contribution in [0.4, 0.5) is 16.2 Å². The van der Waals surface area contributed by atoms with Crippen molar-refractivity contribution in [3.05, 3.63) is 82.3 Å². The highest BCUT2D eigenvalue weighted by Gasteiger charge is 2.24. The Morgan fingerprint density at radius 1 is 1.03 bits per heavy atom. The number of urea groups is 1. The molecule has 0 saturated heterocycles. The number of aliphatic hydroxyl groups excluding tert-OH is 1. The molecule has 4 rings (SSSR count). The van der Waals surface area contributed by atoms with Gasteiger partial charge in [0.2, 0.25) is 0 Å². The van der Waals surface area contributed by atoms with Crippen LogP contribution < -0.4 is 20.5 Å². The van der Waals surface area contributed by atoms with Crippen molar-refractivity contribution in [1.29, 1.82) is 0 Å². The number of carbonyl (C=O) groups is 1. The van der Waals surface area contributed by atoms with Crippen LogP contribution in [0.25, 0.3) is 22.2 Å². The summed E-state index contributed by atoms with van der Waals surface area (Å²) in [5.41, 5.74) is 4.83. The molecule has 0 fully saturated rings. The highest BCUT2D eigenvalue weighted by molar-refractivity contribution is 6.03. The van der Waals surface area contributed by atoms with Crippen LogP contribution in [-0.2, 0) is 0 Å². The Kier molecular flexibility index (Phi) is 8.12. The van der Waals surface area contributed by atoms with Crippen molar-refractivity contribution in [2.75, 3.05) is 30.5 Å². The molecule has 198 valence electrons. The number of aromatic amines is 1. The minimum atomic E-state index is -0.495. The lowest BCUT2D eigenvalue weighted by atomic mass is 9.88. The van der Waals surface area contributed by atoms with Gasteiger partial charge in [-0.05, 0) is 76.6 Å². The lowest BCUT2D eigenvalue weighted by molar-refractivity contribution is 0.252. The third kappa shape index (κ3) is 5.55. The molecule has 2 aromatic carbocycles. The van der Waals surface area contributed by atoms with Crippen molar-refractivity contribution >= 4 is 28.4 Å². The molecule has 0 bridgehead atoms. The molecule has 2 heterocycles. The number of aromatic nitrogens is 2. The summed E-state index contributed by atoms with van der Waals surface area (Å²) in [7, 11) is 1.64. The van der Waals surface area contributed by atoms with Crippen LogP contribution >= 0.6 is 0 Å². The van der Waals surface area contributed by atoms with Gasteiger partial charge in [0, 0.05) is 17.3 Å². The summed E-state index contributed by atoms with van der Waals surface area (Å²) in [5.74, 6) is 0.983. The Balaban J connectivity index is 1.79. The smallest absolute Gasteiger partial charge is 0.326 e. The molecule has 2 aromatic heterocycles. The molecule has 4 aromatic rings. The first kappa shape index (κ1) is 26.9. The van der Waals surface area contributed by atoms with Gasteiger partial charge < -0.3 is 20.1 Å². The molecular formula is C30H34N4O4. The SMILES string of the molecule is COc1cccc(-c2cc(C(C)C)c(NC(=O)N(CCO)c3cc4cccnc4[nH]c3=O)c(C(C)C)c2)c1. The van der Waals surface area contributed by atoms with E-state index in [1.807, 2.05) is 30.3 Å². The number of ether oxygens (including phenoxy) is 1. The number of anilines is 2. The van der Waals surface area contributed by atoms with Gasteiger partial charge in [-0.25, -0.2) is 9.78 Å². The number of pyridine rings is 2. The largest absolute Gasteiger partial charge is 0.497 e. The van der Waals surface area contributed by atoms with Gasteiger partial charge in [-0.15, -0.1) is 0 Å². The minimum absolute atomic E-state index is 0.0450. The van der Waals surface area contributed by atoms with E-state index in [4.69, 9.17) is 4.74 Å². The molecule has 0 saturated carbocycles. The van der Waals surface area contributed by atoms with Crippen LogP contribution in [0.2, 0.25) is 0 Å². The van der Waals surface area contributed by atoms with Crippen LogP contribution in [-0.4, -0.2) is 41.4 Å². The third-order valence-corrected chi connectivity index (χ3v) is 6.53. The van der Waals surface area contributed by atoms with Gasteiger partial charge in [-0.2, -0.15) is 0 Å². The van der Waals surface area contributed by atoms with Crippen LogP contribution in [0.1, 0.15) is 50.7 Å². The zero-order chi connectivity index (χ0) is 27.4. The van der Waals surface area contributed by atoms with Crippen molar-refractivity contribution in [3.63, 3.8) is 0 Å². The van der Waals surface area contributed by atoms with Gasteiger partial charge in [0.15, 0.2) is 0 Å². The molecule has 8 heteroatoms. The molecule has 0 radical (unpaired) electrons. The number of carbonyl (C=O) groups excluding carboxylic acids is 1. The summed E-state index contributed by atoms with van der Waals surface area (Å²) in [4.78, 5) is 34.8. The minimum Gasteiger partial charge on any atom is -0.497 e.